The standard InChI is InChI=1S/C19H19NO/c1-21-14-17-8-3-5-12-19(17)20-13-16-10-6-9-15-7-2-4-11-18(15)16/h2-12,20H,13-14H2,1H3. The van der Waals surface area contributed by atoms with Gasteiger partial charge in [0.2, 0.25) is 0 Å². The van der Waals surface area contributed by atoms with Gasteiger partial charge in [-0.1, -0.05) is 60.7 Å². The largest absolute Gasteiger partial charge is 0.381 e. The van der Waals surface area contributed by atoms with Crippen LogP contribution in [0.4, 0.5) is 5.69 Å². The van der Waals surface area contributed by atoms with Crippen LogP contribution >= 0.6 is 0 Å². The maximum absolute atomic E-state index is 5.25. The lowest BCUT2D eigenvalue weighted by molar-refractivity contribution is 0.185. The van der Waals surface area contributed by atoms with Crippen molar-refractivity contribution in [2.45, 2.75) is 13.2 Å². The lowest BCUT2D eigenvalue weighted by Crippen LogP contribution is -2.03. The molecule has 0 saturated carbocycles. The van der Waals surface area contributed by atoms with Crippen LogP contribution in [0.15, 0.2) is 66.7 Å². The number of anilines is 1. The molecule has 0 amide bonds. The van der Waals surface area contributed by atoms with Gasteiger partial charge in [0.1, 0.15) is 0 Å². The van der Waals surface area contributed by atoms with Crippen LogP contribution in [-0.4, -0.2) is 7.11 Å². The van der Waals surface area contributed by atoms with Gasteiger partial charge in [0.15, 0.2) is 0 Å². The fourth-order valence-corrected chi connectivity index (χ4v) is 2.61. The lowest BCUT2D eigenvalue weighted by Gasteiger charge is -2.13. The van der Waals surface area contributed by atoms with Crippen molar-refractivity contribution in [2.24, 2.45) is 0 Å². The third-order valence-electron chi connectivity index (χ3n) is 3.67. The first-order valence-corrected chi connectivity index (χ1v) is 7.16. The number of fused-ring (bicyclic) bond motifs is 1. The van der Waals surface area contributed by atoms with E-state index in [2.05, 4.69) is 59.9 Å². The van der Waals surface area contributed by atoms with Crippen molar-refractivity contribution in [1.82, 2.24) is 0 Å². The molecule has 2 nitrogen and oxygen atoms in total. The fourth-order valence-electron chi connectivity index (χ4n) is 2.61. The normalized spacial score (nSPS) is 10.7. The van der Waals surface area contributed by atoms with Gasteiger partial charge in [0.25, 0.3) is 0 Å². The number of nitrogens with one attached hydrogen (secondary N) is 1. The molecule has 0 bridgehead atoms. The van der Waals surface area contributed by atoms with Gasteiger partial charge in [-0.2, -0.15) is 0 Å². The van der Waals surface area contributed by atoms with Crippen molar-refractivity contribution in [2.75, 3.05) is 12.4 Å². The van der Waals surface area contributed by atoms with Gasteiger partial charge in [-0.05, 0) is 22.4 Å². The van der Waals surface area contributed by atoms with Gasteiger partial charge in [-0.3, -0.25) is 0 Å². The molecule has 0 radical (unpaired) electrons. The van der Waals surface area contributed by atoms with E-state index < -0.39 is 0 Å². The van der Waals surface area contributed by atoms with E-state index >= 15 is 0 Å². The third kappa shape index (κ3) is 3.06. The van der Waals surface area contributed by atoms with Crippen molar-refractivity contribution in [3.8, 4) is 0 Å². The molecule has 106 valence electrons. The molecule has 1 N–H and O–H groups in total. The number of hydrogen-bond acceptors (Lipinski definition) is 2. The number of methoxy groups -OCH3 is 1. The van der Waals surface area contributed by atoms with Crippen molar-refractivity contribution in [1.29, 1.82) is 0 Å². The van der Waals surface area contributed by atoms with E-state index in [1.165, 1.54) is 21.9 Å². The lowest BCUT2D eigenvalue weighted by atomic mass is 10.0. The van der Waals surface area contributed by atoms with Crippen molar-refractivity contribution in [3.63, 3.8) is 0 Å². The molecule has 3 rings (SSSR count). The number of rotatable bonds is 5. The van der Waals surface area contributed by atoms with Crippen LogP contribution in [0.2, 0.25) is 0 Å². The van der Waals surface area contributed by atoms with Crippen molar-refractivity contribution in [3.05, 3.63) is 77.9 Å². The smallest absolute Gasteiger partial charge is 0.0733 e. The fraction of sp³-hybridized carbons (Fsp3) is 0.158. The molecular formula is C19H19NO. The summed E-state index contributed by atoms with van der Waals surface area (Å²) in [6, 6.07) is 23.2. The summed E-state index contributed by atoms with van der Waals surface area (Å²) in [6.45, 7) is 1.43. The van der Waals surface area contributed by atoms with E-state index in [0.717, 1.165) is 12.2 Å². The molecule has 21 heavy (non-hydrogen) atoms. The SMILES string of the molecule is COCc1ccccc1NCc1cccc2ccccc12. The average molecular weight is 277 g/mol. The number of benzene rings is 3. The second-order valence-corrected chi connectivity index (χ2v) is 5.08. The van der Waals surface area contributed by atoms with Crippen molar-refractivity contribution < 1.29 is 4.74 Å². The highest BCUT2D eigenvalue weighted by Gasteiger charge is 2.03. The minimum Gasteiger partial charge on any atom is -0.381 e. The summed E-state index contributed by atoms with van der Waals surface area (Å²) in [4.78, 5) is 0. The van der Waals surface area contributed by atoms with E-state index in [0.29, 0.717) is 6.61 Å². The van der Waals surface area contributed by atoms with Crippen LogP contribution in [0.25, 0.3) is 10.8 Å². The number of para-hydroxylation sites is 1. The Morgan fingerprint density at radius 1 is 0.810 bits per heavy atom. The van der Waals surface area contributed by atoms with E-state index in [-0.39, 0.29) is 0 Å². The summed E-state index contributed by atoms with van der Waals surface area (Å²) >= 11 is 0. The highest BCUT2D eigenvalue weighted by Crippen LogP contribution is 2.21. The Morgan fingerprint density at radius 3 is 2.43 bits per heavy atom. The molecule has 2 heteroatoms. The van der Waals surface area contributed by atoms with Gasteiger partial charge in [-0.25, -0.2) is 0 Å². The zero-order chi connectivity index (χ0) is 14.5. The minimum atomic E-state index is 0.624. The quantitative estimate of drug-likeness (QED) is 0.736. The van der Waals surface area contributed by atoms with Crippen molar-refractivity contribution >= 4 is 16.5 Å². The molecule has 0 spiro atoms. The first-order valence-electron chi connectivity index (χ1n) is 7.16. The third-order valence-corrected chi connectivity index (χ3v) is 3.67. The van der Waals surface area contributed by atoms with Crippen LogP contribution in [0.1, 0.15) is 11.1 Å². The molecule has 0 saturated heterocycles. The molecule has 3 aromatic rings. The molecule has 0 aliphatic carbocycles. The van der Waals surface area contributed by atoms with E-state index in [9.17, 15) is 0 Å². The van der Waals surface area contributed by atoms with E-state index in [1.54, 1.807) is 7.11 Å². The second kappa shape index (κ2) is 6.42. The number of hydrogen-bond donors (Lipinski definition) is 1. The van der Waals surface area contributed by atoms with Gasteiger partial charge in [-0.15, -0.1) is 0 Å². The Kier molecular flexibility index (Phi) is 4.17. The maximum atomic E-state index is 5.25. The Bertz CT molecular complexity index is 731. The molecule has 0 aliphatic heterocycles. The molecular weight excluding hydrogens is 258 g/mol. The topological polar surface area (TPSA) is 21.3 Å². The zero-order valence-corrected chi connectivity index (χ0v) is 12.2. The Labute approximate surface area is 125 Å². The number of ether oxygens (including phenoxy) is 1. The van der Waals surface area contributed by atoms with Crippen LogP contribution in [0.5, 0.6) is 0 Å². The first-order chi connectivity index (χ1) is 10.4. The average Bonchev–Trinajstić information content (AvgIpc) is 2.54. The zero-order valence-electron chi connectivity index (χ0n) is 12.2. The first kappa shape index (κ1) is 13.7. The highest BCUT2D eigenvalue weighted by molar-refractivity contribution is 5.85. The van der Waals surface area contributed by atoms with Gasteiger partial charge >= 0.3 is 0 Å². The molecule has 0 atom stereocenters. The summed E-state index contributed by atoms with van der Waals surface area (Å²) < 4.78 is 5.25. The summed E-state index contributed by atoms with van der Waals surface area (Å²) in [6.07, 6.45) is 0. The highest BCUT2D eigenvalue weighted by atomic mass is 16.5. The summed E-state index contributed by atoms with van der Waals surface area (Å²) in [7, 11) is 1.72. The van der Waals surface area contributed by atoms with E-state index in [4.69, 9.17) is 4.74 Å². The molecule has 0 aliphatic rings. The summed E-state index contributed by atoms with van der Waals surface area (Å²) in [5, 5.41) is 6.11. The van der Waals surface area contributed by atoms with Crippen LogP contribution in [0, 0.1) is 0 Å². The summed E-state index contributed by atoms with van der Waals surface area (Å²) in [5.41, 5.74) is 3.62. The predicted octanol–water partition coefficient (Wildman–Crippen LogP) is 4.60. The molecule has 0 heterocycles. The monoisotopic (exact) mass is 277 g/mol. The predicted molar refractivity (Wildman–Crippen MR) is 88.4 cm³/mol. The van der Waals surface area contributed by atoms with Crippen LogP contribution < -0.4 is 5.32 Å². The van der Waals surface area contributed by atoms with Crippen LogP contribution in [0.3, 0.4) is 0 Å². The van der Waals surface area contributed by atoms with Gasteiger partial charge in [0, 0.05) is 24.9 Å². The molecule has 0 fully saturated rings. The van der Waals surface area contributed by atoms with Gasteiger partial charge < -0.3 is 10.1 Å². The minimum absolute atomic E-state index is 0.624. The van der Waals surface area contributed by atoms with Crippen LogP contribution in [-0.2, 0) is 17.9 Å². The molecule has 0 aromatic heterocycles. The second-order valence-electron chi connectivity index (χ2n) is 5.08. The Balaban J connectivity index is 1.84. The molecule has 3 aromatic carbocycles. The Morgan fingerprint density at radius 2 is 1.52 bits per heavy atom. The maximum Gasteiger partial charge on any atom is 0.0733 e. The van der Waals surface area contributed by atoms with Gasteiger partial charge in [0.05, 0.1) is 6.61 Å². The summed E-state index contributed by atoms with van der Waals surface area (Å²) in [5.74, 6) is 0. The molecule has 0 unspecified atom stereocenters. The van der Waals surface area contributed by atoms with E-state index in [1.807, 2.05) is 12.1 Å². The Hall–Kier alpha value is -2.32.